The van der Waals surface area contributed by atoms with E-state index in [1.165, 1.54) is 0 Å². The summed E-state index contributed by atoms with van der Waals surface area (Å²) in [7, 11) is 1.64. The summed E-state index contributed by atoms with van der Waals surface area (Å²) in [6.45, 7) is 0. The normalized spacial score (nSPS) is 11.3. The highest BCUT2D eigenvalue weighted by atomic mass is 16.5. The van der Waals surface area contributed by atoms with Crippen molar-refractivity contribution in [1.82, 2.24) is 0 Å². The number of hydrogen-bond donors (Lipinski definition) is 1. The van der Waals surface area contributed by atoms with Gasteiger partial charge in [0.2, 0.25) is 0 Å². The molecular formula is C26H21NO2. The first-order valence-corrected chi connectivity index (χ1v) is 9.44. The summed E-state index contributed by atoms with van der Waals surface area (Å²) in [4.78, 5) is 13.2. The number of carbonyl (C=O) groups is 1. The van der Waals surface area contributed by atoms with Crippen LogP contribution in [0.4, 0.5) is 5.69 Å². The molecule has 0 aliphatic carbocycles. The van der Waals surface area contributed by atoms with Crippen LogP contribution in [0, 0.1) is 0 Å². The van der Waals surface area contributed by atoms with E-state index in [1.54, 1.807) is 7.11 Å². The molecule has 1 N–H and O–H groups in total. The zero-order valence-corrected chi connectivity index (χ0v) is 16.1. The van der Waals surface area contributed by atoms with E-state index in [-0.39, 0.29) is 5.91 Å². The zero-order valence-electron chi connectivity index (χ0n) is 16.1. The maximum atomic E-state index is 13.2. The van der Waals surface area contributed by atoms with Gasteiger partial charge in [0.05, 0.1) is 7.11 Å². The Labute approximate surface area is 170 Å². The van der Waals surface area contributed by atoms with E-state index in [0.29, 0.717) is 5.57 Å². The molecule has 3 heteroatoms. The summed E-state index contributed by atoms with van der Waals surface area (Å²) in [6, 6.07) is 31.3. The molecule has 0 atom stereocenters. The van der Waals surface area contributed by atoms with Crippen LogP contribution in [-0.2, 0) is 4.79 Å². The van der Waals surface area contributed by atoms with Crippen LogP contribution in [0.25, 0.3) is 22.4 Å². The van der Waals surface area contributed by atoms with Crippen LogP contribution in [0.2, 0.25) is 0 Å². The average molecular weight is 379 g/mol. The number of benzene rings is 4. The molecule has 0 saturated heterocycles. The lowest BCUT2D eigenvalue weighted by Crippen LogP contribution is -2.13. The number of amides is 1. The average Bonchev–Trinajstić information content (AvgIpc) is 2.78. The van der Waals surface area contributed by atoms with E-state index >= 15 is 0 Å². The van der Waals surface area contributed by atoms with Crippen LogP contribution in [0.5, 0.6) is 5.75 Å². The van der Waals surface area contributed by atoms with E-state index in [1.807, 2.05) is 97.1 Å². The van der Waals surface area contributed by atoms with Gasteiger partial charge in [0.1, 0.15) is 5.75 Å². The Morgan fingerprint density at radius 2 is 1.48 bits per heavy atom. The summed E-state index contributed by atoms with van der Waals surface area (Å²) in [5.74, 6) is 0.631. The lowest BCUT2D eigenvalue weighted by Gasteiger charge is -2.11. The van der Waals surface area contributed by atoms with E-state index in [0.717, 1.165) is 33.3 Å². The number of fused-ring (bicyclic) bond motifs is 1. The third kappa shape index (κ3) is 4.36. The minimum absolute atomic E-state index is 0.151. The van der Waals surface area contributed by atoms with Gasteiger partial charge in [0.25, 0.3) is 5.91 Å². The predicted molar refractivity (Wildman–Crippen MR) is 120 cm³/mol. The molecule has 0 aromatic heterocycles. The van der Waals surface area contributed by atoms with Crippen molar-refractivity contribution in [3.8, 4) is 5.75 Å². The van der Waals surface area contributed by atoms with Crippen molar-refractivity contribution in [2.45, 2.75) is 0 Å². The Kier molecular flexibility index (Phi) is 5.39. The molecule has 142 valence electrons. The van der Waals surface area contributed by atoms with Crippen molar-refractivity contribution in [3.63, 3.8) is 0 Å². The predicted octanol–water partition coefficient (Wildman–Crippen LogP) is 6.03. The molecule has 0 spiro atoms. The van der Waals surface area contributed by atoms with Crippen LogP contribution < -0.4 is 10.1 Å². The van der Waals surface area contributed by atoms with Crippen molar-refractivity contribution in [1.29, 1.82) is 0 Å². The van der Waals surface area contributed by atoms with Crippen molar-refractivity contribution >= 4 is 34.0 Å². The number of nitrogens with one attached hydrogen (secondary N) is 1. The van der Waals surface area contributed by atoms with Gasteiger partial charge >= 0.3 is 0 Å². The highest BCUT2D eigenvalue weighted by Gasteiger charge is 2.13. The van der Waals surface area contributed by atoms with E-state index < -0.39 is 0 Å². The Hall–Kier alpha value is -3.85. The molecule has 3 nitrogen and oxygen atoms in total. The standard InChI is InChI=1S/C26H21NO2/c1-29-24-15-11-19(12-16-24)17-25(21-8-3-2-4-9-21)26(28)27-23-14-13-20-7-5-6-10-22(20)18-23/h2-18H,1H3,(H,27,28). The maximum absolute atomic E-state index is 13.2. The summed E-state index contributed by atoms with van der Waals surface area (Å²) in [5.41, 5.74) is 3.16. The largest absolute Gasteiger partial charge is 0.497 e. The second-order valence-corrected chi connectivity index (χ2v) is 6.71. The monoisotopic (exact) mass is 379 g/mol. The van der Waals surface area contributed by atoms with Crippen molar-refractivity contribution in [2.24, 2.45) is 0 Å². The maximum Gasteiger partial charge on any atom is 0.256 e. The fourth-order valence-electron chi connectivity index (χ4n) is 3.23. The minimum atomic E-state index is -0.151. The Morgan fingerprint density at radius 3 is 2.21 bits per heavy atom. The van der Waals surface area contributed by atoms with Gasteiger partial charge in [-0.25, -0.2) is 0 Å². The second kappa shape index (κ2) is 8.44. The number of hydrogen-bond acceptors (Lipinski definition) is 2. The summed E-state index contributed by atoms with van der Waals surface area (Å²) in [6.07, 6.45) is 1.89. The molecular weight excluding hydrogens is 358 g/mol. The molecule has 0 saturated carbocycles. The molecule has 0 heterocycles. The summed E-state index contributed by atoms with van der Waals surface area (Å²) >= 11 is 0. The molecule has 0 aliphatic heterocycles. The molecule has 4 aromatic carbocycles. The molecule has 1 amide bonds. The number of methoxy groups -OCH3 is 1. The Bertz CT molecular complexity index is 1160. The third-order valence-electron chi connectivity index (χ3n) is 4.76. The van der Waals surface area contributed by atoms with Gasteiger partial charge in [-0.3, -0.25) is 4.79 Å². The van der Waals surface area contributed by atoms with Crippen LogP contribution in [0.15, 0.2) is 97.1 Å². The SMILES string of the molecule is COc1ccc(C=C(C(=O)Nc2ccc3ccccc3c2)c2ccccc2)cc1. The number of rotatable bonds is 5. The van der Waals surface area contributed by atoms with Gasteiger partial charge in [-0.05, 0) is 52.2 Å². The van der Waals surface area contributed by atoms with Gasteiger partial charge in [-0.1, -0.05) is 72.8 Å². The van der Waals surface area contributed by atoms with Gasteiger partial charge in [-0.2, -0.15) is 0 Å². The second-order valence-electron chi connectivity index (χ2n) is 6.71. The molecule has 4 aromatic rings. The number of ether oxygens (including phenoxy) is 1. The number of anilines is 1. The van der Waals surface area contributed by atoms with E-state index in [2.05, 4.69) is 11.4 Å². The zero-order chi connectivity index (χ0) is 20.1. The van der Waals surface area contributed by atoms with E-state index in [9.17, 15) is 4.79 Å². The fourth-order valence-corrected chi connectivity index (χ4v) is 3.23. The van der Waals surface area contributed by atoms with Crippen LogP contribution in [0.1, 0.15) is 11.1 Å². The van der Waals surface area contributed by atoms with Crippen molar-refractivity contribution < 1.29 is 9.53 Å². The molecule has 4 rings (SSSR count). The van der Waals surface area contributed by atoms with Gasteiger partial charge in [-0.15, -0.1) is 0 Å². The smallest absolute Gasteiger partial charge is 0.256 e. The lowest BCUT2D eigenvalue weighted by molar-refractivity contribution is -0.111. The molecule has 0 unspecified atom stereocenters. The van der Waals surface area contributed by atoms with Crippen LogP contribution >= 0.6 is 0 Å². The van der Waals surface area contributed by atoms with Crippen LogP contribution in [-0.4, -0.2) is 13.0 Å². The Balaban J connectivity index is 1.67. The third-order valence-corrected chi connectivity index (χ3v) is 4.76. The van der Waals surface area contributed by atoms with Crippen LogP contribution in [0.3, 0.4) is 0 Å². The van der Waals surface area contributed by atoms with Crippen molar-refractivity contribution in [2.75, 3.05) is 12.4 Å². The molecule has 0 bridgehead atoms. The molecule has 0 aliphatic rings. The molecule has 29 heavy (non-hydrogen) atoms. The quantitative estimate of drug-likeness (QED) is 0.340. The first-order valence-electron chi connectivity index (χ1n) is 9.44. The molecule has 0 radical (unpaired) electrons. The first-order chi connectivity index (χ1) is 14.2. The highest BCUT2D eigenvalue weighted by molar-refractivity contribution is 6.29. The first kappa shape index (κ1) is 18.5. The fraction of sp³-hybridized carbons (Fsp3) is 0.0385. The summed E-state index contributed by atoms with van der Waals surface area (Å²) in [5, 5.41) is 5.27. The topological polar surface area (TPSA) is 38.3 Å². The van der Waals surface area contributed by atoms with Crippen molar-refractivity contribution in [3.05, 3.63) is 108 Å². The number of carbonyl (C=O) groups excluding carboxylic acids is 1. The molecule has 0 fully saturated rings. The van der Waals surface area contributed by atoms with Gasteiger partial charge in [0, 0.05) is 11.3 Å². The lowest BCUT2D eigenvalue weighted by atomic mass is 10.0. The van der Waals surface area contributed by atoms with E-state index in [4.69, 9.17) is 4.74 Å². The summed E-state index contributed by atoms with van der Waals surface area (Å²) < 4.78 is 5.22. The Morgan fingerprint density at radius 1 is 0.793 bits per heavy atom. The highest BCUT2D eigenvalue weighted by Crippen LogP contribution is 2.24. The van der Waals surface area contributed by atoms with Gasteiger partial charge < -0.3 is 10.1 Å². The minimum Gasteiger partial charge on any atom is -0.497 e. The van der Waals surface area contributed by atoms with Gasteiger partial charge in [0.15, 0.2) is 0 Å².